The molecule has 0 unspecified atom stereocenters. The van der Waals surface area contributed by atoms with E-state index < -0.39 is 0 Å². The van der Waals surface area contributed by atoms with Crippen LogP contribution in [0.1, 0.15) is 52.9 Å². The van der Waals surface area contributed by atoms with E-state index >= 15 is 0 Å². The molecule has 0 spiro atoms. The number of nitrogens with zero attached hydrogens (tertiary/aromatic N) is 3. The fourth-order valence-corrected chi connectivity index (χ4v) is 5.81. The van der Waals surface area contributed by atoms with Gasteiger partial charge in [0.05, 0.1) is 29.8 Å². The molecule has 0 radical (unpaired) electrons. The van der Waals surface area contributed by atoms with Crippen LogP contribution in [0, 0.1) is 29.2 Å². The largest absolute Gasteiger partial charge is 0.300 e. The molecule has 43 heavy (non-hydrogen) atoms. The molecular formula is C35H31N3O3S2. The maximum Gasteiger partial charge on any atom is 0.187 e. The summed E-state index contributed by atoms with van der Waals surface area (Å²) in [5.41, 5.74) is 5.40. The van der Waals surface area contributed by atoms with Gasteiger partial charge in [-0.15, -0.1) is 0 Å². The number of rotatable bonds is 3. The Balaban J connectivity index is 0.000000293. The van der Waals surface area contributed by atoms with E-state index in [1.165, 1.54) is 0 Å². The third-order valence-corrected chi connectivity index (χ3v) is 8.01. The summed E-state index contributed by atoms with van der Waals surface area (Å²) in [6, 6.07) is 25.1. The molecule has 216 valence electrons. The predicted molar refractivity (Wildman–Crippen MR) is 177 cm³/mol. The maximum atomic E-state index is 12.8. The molecule has 0 atom stereocenters. The highest BCUT2D eigenvalue weighted by Crippen LogP contribution is 2.27. The molecule has 0 aromatic heterocycles. The number of carbonyl (C=O) groups excluding carboxylic acids is 3. The van der Waals surface area contributed by atoms with E-state index in [-0.39, 0.29) is 13.2 Å². The number of thioether (sulfide) groups is 2. The van der Waals surface area contributed by atoms with Crippen molar-refractivity contribution in [2.24, 2.45) is 0 Å². The Bertz CT molecular complexity index is 1550. The zero-order chi connectivity index (χ0) is 30.2. The van der Waals surface area contributed by atoms with Crippen LogP contribution in [-0.4, -0.2) is 40.9 Å². The van der Waals surface area contributed by atoms with Gasteiger partial charge in [-0.25, -0.2) is 4.85 Å². The predicted octanol–water partition coefficient (Wildman–Crippen LogP) is 7.98. The smallest absolute Gasteiger partial charge is 0.187 e. The van der Waals surface area contributed by atoms with Gasteiger partial charge in [0.1, 0.15) is 12.1 Å². The number of ketones is 2. The molecule has 2 fully saturated rings. The third-order valence-electron chi connectivity index (χ3n) is 6.00. The van der Waals surface area contributed by atoms with Crippen molar-refractivity contribution in [1.29, 1.82) is 10.5 Å². The van der Waals surface area contributed by atoms with Crippen molar-refractivity contribution in [2.75, 3.05) is 23.0 Å². The summed E-state index contributed by atoms with van der Waals surface area (Å²) in [6.45, 7) is 7.09. The van der Waals surface area contributed by atoms with Gasteiger partial charge in [-0.2, -0.15) is 34.0 Å². The monoisotopic (exact) mass is 605 g/mol. The molecule has 8 heteroatoms. The molecule has 2 saturated heterocycles. The lowest BCUT2D eigenvalue weighted by Gasteiger charge is -2.16. The molecule has 0 aliphatic carbocycles. The Morgan fingerprint density at radius 3 is 1.74 bits per heavy atom. The van der Waals surface area contributed by atoms with Gasteiger partial charge in [-0.3, -0.25) is 14.4 Å². The molecule has 0 bridgehead atoms. The summed E-state index contributed by atoms with van der Waals surface area (Å²) in [5.74, 6) is 3.91. The number of nitriles is 2. The summed E-state index contributed by atoms with van der Waals surface area (Å²) in [5, 5.41) is 17.4. The van der Waals surface area contributed by atoms with Gasteiger partial charge in [0.15, 0.2) is 11.5 Å². The Hall–Kier alpha value is -4.68. The number of benzene rings is 3. The number of aldehydes is 1. The van der Waals surface area contributed by atoms with E-state index in [0.717, 1.165) is 52.9 Å². The SMILES string of the molecule is C.N#Cc1cccc(C=O)c1.O=C1CCSCC1.[C-]#[N+]c1cccc(/C=C2\CSC/C(=C\c3cccc(C#N)c3)C2=O)c1. The lowest BCUT2D eigenvalue weighted by molar-refractivity contribution is -0.118. The summed E-state index contributed by atoms with van der Waals surface area (Å²) in [6.07, 6.45) is 6.07. The quantitative estimate of drug-likeness (QED) is 0.169. The summed E-state index contributed by atoms with van der Waals surface area (Å²) in [4.78, 5) is 36.8. The highest BCUT2D eigenvalue weighted by molar-refractivity contribution is 8.00. The molecule has 6 nitrogen and oxygen atoms in total. The van der Waals surface area contributed by atoms with E-state index in [0.29, 0.717) is 39.7 Å². The molecule has 3 aromatic carbocycles. The van der Waals surface area contributed by atoms with E-state index in [1.54, 1.807) is 60.3 Å². The first-order valence-corrected chi connectivity index (χ1v) is 15.3. The van der Waals surface area contributed by atoms with E-state index in [9.17, 15) is 14.4 Å². The van der Waals surface area contributed by atoms with Crippen LogP contribution in [0.5, 0.6) is 0 Å². The average molecular weight is 606 g/mol. The van der Waals surface area contributed by atoms with Crippen LogP contribution >= 0.6 is 23.5 Å². The highest BCUT2D eigenvalue weighted by atomic mass is 32.2. The molecule has 2 aliphatic rings. The van der Waals surface area contributed by atoms with Crippen LogP contribution in [0.15, 0.2) is 83.9 Å². The van der Waals surface area contributed by atoms with Crippen molar-refractivity contribution in [1.82, 2.24) is 0 Å². The molecular weight excluding hydrogens is 575 g/mol. The van der Waals surface area contributed by atoms with Gasteiger partial charge < -0.3 is 0 Å². The third kappa shape index (κ3) is 11.6. The van der Waals surface area contributed by atoms with E-state index in [2.05, 4.69) is 10.9 Å². The first-order valence-electron chi connectivity index (χ1n) is 13.0. The van der Waals surface area contributed by atoms with Crippen LogP contribution in [0.25, 0.3) is 17.0 Å². The zero-order valence-electron chi connectivity index (χ0n) is 22.8. The van der Waals surface area contributed by atoms with Crippen molar-refractivity contribution in [2.45, 2.75) is 20.3 Å². The van der Waals surface area contributed by atoms with Crippen LogP contribution in [-0.2, 0) is 9.59 Å². The van der Waals surface area contributed by atoms with Crippen LogP contribution in [0.3, 0.4) is 0 Å². The Morgan fingerprint density at radius 2 is 1.26 bits per heavy atom. The van der Waals surface area contributed by atoms with Crippen LogP contribution in [0.2, 0.25) is 0 Å². The lowest BCUT2D eigenvalue weighted by atomic mass is 10.00. The first-order chi connectivity index (χ1) is 20.4. The minimum atomic E-state index is 0. The fraction of sp³-hybridized carbons (Fsp3) is 0.200. The second kappa shape index (κ2) is 18.7. The van der Waals surface area contributed by atoms with Crippen molar-refractivity contribution in [3.05, 3.63) is 123 Å². The standard InChI is InChI=1S/C21H14N2OS.C8H5NO.C5H8OS.CH4/c1-23-20-7-3-5-16(11-20)10-19-14-25-13-18(21(19)24)9-15-4-2-6-17(8-15)12-22;9-5-7-2-1-3-8(4-7)6-10;6-5-1-3-7-4-2-5;/h2-11H,13-14H2;1-4,6H;1-4H2;1H4/b18-9+,19-10+;;;. The maximum absolute atomic E-state index is 12.8. The van der Waals surface area contributed by atoms with Gasteiger partial charge in [0, 0.05) is 52.6 Å². The first kappa shape index (κ1) is 34.5. The normalized spacial score (nSPS) is 15.7. The topological polar surface area (TPSA) is 103 Å². The second-order valence-corrected chi connectivity index (χ2v) is 11.3. The molecule has 0 N–H and O–H groups in total. The van der Waals surface area contributed by atoms with Gasteiger partial charge in [0.2, 0.25) is 0 Å². The van der Waals surface area contributed by atoms with Crippen LogP contribution in [0.4, 0.5) is 5.69 Å². The Labute approximate surface area is 261 Å². The Morgan fingerprint density at radius 1 is 0.744 bits per heavy atom. The Kier molecular flexibility index (Phi) is 15.0. The number of carbonyl (C=O) groups is 3. The summed E-state index contributed by atoms with van der Waals surface area (Å²) in [7, 11) is 0. The van der Waals surface area contributed by atoms with Gasteiger partial charge in [-0.05, 0) is 53.6 Å². The van der Waals surface area contributed by atoms with Crippen molar-refractivity contribution >= 4 is 59.2 Å². The molecule has 0 saturated carbocycles. The second-order valence-electron chi connectivity index (χ2n) is 9.11. The summed E-state index contributed by atoms with van der Waals surface area (Å²) >= 11 is 3.57. The number of Topliss-reactive ketones (excluding diaryl/α,β-unsaturated/α-hetero) is 2. The molecule has 2 heterocycles. The fourth-order valence-electron chi connectivity index (χ4n) is 3.89. The van der Waals surface area contributed by atoms with Crippen molar-refractivity contribution < 1.29 is 14.4 Å². The van der Waals surface area contributed by atoms with E-state index in [4.69, 9.17) is 17.1 Å². The zero-order valence-corrected chi connectivity index (χ0v) is 24.4. The highest BCUT2D eigenvalue weighted by Gasteiger charge is 2.21. The molecule has 0 amide bonds. The molecule has 3 aromatic rings. The van der Waals surface area contributed by atoms with Gasteiger partial charge >= 0.3 is 0 Å². The van der Waals surface area contributed by atoms with Crippen LogP contribution < -0.4 is 0 Å². The van der Waals surface area contributed by atoms with E-state index in [1.807, 2.05) is 54.2 Å². The number of hydrogen-bond donors (Lipinski definition) is 0. The van der Waals surface area contributed by atoms with Crippen molar-refractivity contribution in [3.8, 4) is 12.1 Å². The minimum absolute atomic E-state index is 0. The summed E-state index contributed by atoms with van der Waals surface area (Å²) < 4.78 is 0. The van der Waals surface area contributed by atoms with Gasteiger partial charge in [0.25, 0.3) is 0 Å². The molecule has 2 aliphatic heterocycles. The van der Waals surface area contributed by atoms with Gasteiger partial charge in [-0.1, -0.05) is 49.9 Å². The minimum Gasteiger partial charge on any atom is -0.300 e. The average Bonchev–Trinajstić information content (AvgIpc) is 3.04. The lowest BCUT2D eigenvalue weighted by Crippen LogP contribution is -2.16. The number of hydrogen-bond acceptors (Lipinski definition) is 7. The van der Waals surface area contributed by atoms with Crippen molar-refractivity contribution in [3.63, 3.8) is 0 Å². The molecule has 5 rings (SSSR count).